The SMILES string of the molecule is CCOc1cc(C2C3=CCC4C(=O)N(c5ccc(Nc6ccccc6)cc5)C(=O)C4C3CC3C(=O)N(c4ccccc4)C(=O)C32C)ccc1O. The van der Waals surface area contributed by atoms with E-state index < -0.39 is 35.0 Å². The van der Waals surface area contributed by atoms with Gasteiger partial charge in [0.1, 0.15) is 0 Å². The minimum Gasteiger partial charge on any atom is -0.504 e. The maximum absolute atomic E-state index is 14.6. The van der Waals surface area contributed by atoms with Gasteiger partial charge >= 0.3 is 0 Å². The Morgan fingerprint density at radius 2 is 1.44 bits per heavy atom. The van der Waals surface area contributed by atoms with Gasteiger partial charge in [0.05, 0.1) is 41.2 Å². The van der Waals surface area contributed by atoms with Gasteiger partial charge in [0.2, 0.25) is 23.6 Å². The third kappa shape index (κ3) is 4.75. The van der Waals surface area contributed by atoms with Crippen LogP contribution >= 0.6 is 0 Å². The zero-order valence-corrected chi connectivity index (χ0v) is 27.8. The normalized spacial score (nSPS) is 27.1. The maximum atomic E-state index is 14.6. The summed E-state index contributed by atoms with van der Waals surface area (Å²) in [5, 5.41) is 13.9. The first-order valence-electron chi connectivity index (χ1n) is 17.1. The maximum Gasteiger partial charge on any atom is 0.241 e. The molecule has 252 valence electrons. The number of rotatable bonds is 7. The third-order valence-corrected chi connectivity index (χ3v) is 11.1. The second kappa shape index (κ2) is 12.0. The molecule has 9 heteroatoms. The summed E-state index contributed by atoms with van der Waals surface area (Å²) in [6.07, 6.45) is 2.62. The molecular formula is C41H37N3O6. The monoisotopic (exact) mass is 667 g/mol. The van der Waals surface area contributed by atoms with Crippen LogP contribution in [0.3, 0.4) is 0 Å². The number of nitrogens with zero attached hydrogens (tertiary/aromatic N) is 2. The highest BCUT2D eigenvalue weighted by atomic mass is 16.5. The number of hydrogen-bond acceptors (Lipinski definition) is 7. The van der Waals surface area contributed by atoms with Crippen molar-refractivity contribution in [2.45, 2.75) is 32.6 Å². The van der Waals surface area contributed by atoms with E-state index in [4.69, 9.17) is 4.74 Å². The minimum atomic E-state index is -1.19. The summed E-state index contributed by atoms with van der Waals surface area (Å²) >= 11 is 0. The molecule has 2 aliphatic heterocycles. The summed E-state index contributed by atoms with van der Waals surface area (Å²) < 4.78 is 5.75. The van der Waals surface area contributed by atoms with E-state index >= 15 is 0 Å². The number of benzene rings is 4. The van der Waals surface area contributed by atoms with Crippen molar-refractivity contribution in [2.24, 2.45) is 29.1 Å². The molecule has 9 nitrogen and oxygen atoms in total. The molecule has 0 radical (unpaired) electrons. The van der Waals surface area contributed by atoms with Crippen LogP contribution in [-0.4, -0.2) is 35.3 Å². The van der Waals surface area contributed by atoms with Crippen molar-refractivity contribution in [1.29, 1.82) is 0 Å². The number of hydrogen-bond donors (Lipinski definition) is 2. The molecule has 4 aromatic rings. The molecule has 0 aromatic heterocycles. The minimum absolute atomic E-state index is 0.0284. The van der Waals surface area contributed by atoms with Crippen molar-refractivity contribution >= 4 is 46.4 Å². The van der Waals surface area contributed by atoms with Crippen LogP contribution in [0.25, 0.3) is 0 Å². The van der Waals surface area contributed by atoms with Crippen LogP contribution in [0.5, 0.6) is 11.5 Å². The van der Waals surface area contributed by atoms with Crippen LogP contribution in [0.1, 0.15) is 38.2 Å². The smallest absolute Gasteiger partial charge is 0.241 e. The Labute approximate surface area is 290 Å². The predicted molar refractivity (Wildman–Crippen MR) is 189 cm³/mol. The molecular weight excluding hydrogens is 630 g/mol. The molecule has 0 spiro atoms. The van der Waals surface area contributed by atoms with Crippen molar-refractivity contribution in [1.82, 2.24) is 0 Å². The number of fused-ring (bicyclic) bond motifs is 4. The Morgan fingerprint density at radius 1 is 0.780 bits per heavy atom. The molecule has 2 aliphatic carbocycles. The second-order valence-electron chi connectivity index (χ2n) is 13.7. The topological polar surface area (TPSA) is 116 Å². The largest absolute Gasteiger partial charge is 0.504 e. The molecule has 4 aliphatic rings. The number of imide groups is 2. The fourth-order valence-electron chi connectivity index (χ4n) is 8.84. The quantitative estimate of drug-likeness (QED) is 0.162. The Morgan fingerprint density at radius 3 is 2.14 bits per heavy atom. The lowest BCUT2D eigenvalue weighted by atomic mass is 9.51. The first-order valence-corrected chi connectivity index (χ1v) is 17.1. The van der Waals surface area contributed by atoms with Crippen molar-refractivity contribution < 1.29 is 29.0 Å². The zero-order chi connectivity index (χ0) is 34.7. The van der Waals surface area contributed by atoms with Gasteiger partial charge in [-0.15, -0.1) is 0 Å². The number of carbonyl (C=O) groups is 4. The number of phenolic OH excluding ortho intramolecular Hbond substituents is 1. The summed E-state index contributed by atoms with van der Waals surface area (Å²) in [6, 6.07) is 30.9. The number of aromatic hydroxyl groups is 1. The van der Waals surface area contributed by atoms with E-state index in [2.05, 4.69) is 5.32 Å². The Bertz CT molecular complexity index is 2050. The van der Waals surface area contributed by atoms with Crippen molar-refractivity contribution in [2.75, 3.05) is 21.7 Å². The lowest BCUT2D eigenvalue weighted by molar-refractivity contribution is -0.131. The molecule has 2 saturated heterocycles. The van der Waals surface area contributed by atoms with Gasteiger partial charge in [-0.1, -0.05) is 54.1 Å². The molecule has 6 atom stereocenters. The lowest BCUT2D eigenvalue weighted by Crippen LogP contribution is -2.48. The van der Waals surface area contributed by atoms with Gasteiger partial charge in [-0.3, -0.25) is 24.1 Å². The summed E-state index contributed by atoms with van der Waals surface area (Å²) in [5.41, 5.74) is 3.13. The van der Waals surface area contributed by atoms with E-state index in [0.29, 0.717) is 30.0 Å². The molecule has 1 saturated carbocycles. The third-order valence-electron chi connectivity index (χ3n) is 11.1. The van der Waals surface area contributed by atoms with Gasteiger partial charge in [0.25, 0.3) is 0 Å². The standard InChI is InChI=1S/C41H37N3O6/c1-3-50-34-22-24(14-21-33(34)45)36-29-19-20-30-35(31(29)23-32-38(47)44(40(49)41(32,36)2)27-12-8-5-9-13-27)39(48)43(37(30)46)28-17-15-26(16-18-28)42-25-10-6-4-7-11-25/h4-19,21-22,30-32,35-36,42,45H,3,20,23H2,1-2H3. The van der Waals surface area contributed by atoms with E-state index in [0.717, 1.165) is 16.9 Å². The van der Waals surface area contributed by atoms with Crippen molar-refractivity contribution in [3.05, 3.63) is 120 Å². The number of para-hydroxylation sites is 2. The van der Waals surface area contributed by atoms with Crippen LogP contribution in [0, 0.1) is 29.1 Å². The predicted octanol–water partition coefficient (Wildman–Crippen LogP) is 6.97. The van der Waals surface area contributed by atoms with Gasteiger partial charge in [-0.25, -0.2) is 4.90 Å². The Kier molecular flexibility index (Phi) is 7.58. The van der Waals surface area contributed by atoms with Crippen LogP contribution in [0.2, 0.25) is 0 Å². The highest BCUT2D eigenvalue weighted by Gasteiger charge is 2.67. The molecule has 2 heterocycles. The summed E-state index contributed by atoms with van der Waals surface area (Å²) in [6.45, 7) is 4.00. The number of nitrogens with one attached hydrogen (secondary N) is 1. The van der Waals surface area contributed by atoms with Gasteiger partial charge < -0.3 is 15.2 Å². The van der Waals surface area contributed by atoms with Crippen molar-refractivity contribution in [3.8, 4) is 11.5 Å². The zero-order valence-electron chi connectivity index (χ0n) is 27.8. The fraction of sp³-hybridized carbons (Fsp3) is 0.268. The Hall–Kier alpha value is -5.70. The molecule has 4 amide bonds. The van der Waals surface area contributed by atoms with E-state index in [9.17, 15) is 24.3 Å². The van der Waals surface area contributed by atoms with Gasteiger partial charge in [0, 0.05) is 17.3 Å². The van der Waals surface area contributed by atoms with E-state index in [1.54, 1.807) is 54.6 Å². The molecule has 2 N–H and O–H groups in total. The van der Waals surface area contributed by atoms with Gasteiger partial charge in [-0.05, 0) is 98.8 Å². The average molecular weight is 668 g/mol. The summed E-state index contributed by atoms with van der Waals surface area (Å²) in [5.74, 6) is -3.98. The summed E-state index contributed by atoms with van der Waals surface area (Å²) in [4.78, 5) is 60.0. The first kappa shape index (κ1) is 31.6. The second-order valence-corrected chi connectivity index (χ2v) is 13.7. The number of phenols is 1. The Balaban J connectivity index is 1.18. The number of amides is 4. The number of allylic oxidation sites excluding steroid dienone is 2. The number of carbonyl (C=O) groups excluding carboxylic acids is 4. The van der Waals surface area contributed by atoms with Crippen molar-refractivity contribution in [3.63, 3.8) is 0 Å². The van der Waals surface area contributed by atoms with Crippen LogP contribution in [-0.2, 0) is 19.2 Å². The molecule has 50 heavy (non-hydrogen) atoms. The molecule has 0 bridgehead atoms. The van der Waals surface area contributed by atoms with Crippen LogP contribution in [0.15, 0.2) is 115 Å². The summed E-state index contributed by atoms with van der Waals surface area (Å²) in [7, 11) is 0. The molecule has 6 unspecified atom stereocenters. The molecule has 8 rings (SSSR count). The van der Waals surface area contributed by atoms with Gasteiger partial charge in [0.15, 0.2) is 11.5 Å². The highest BCUT2D eigenvalue weighted by Crippen LogP contribution is 2.64. The van der Waals surface area contributed by atoms with Crippen LogP contribution in [0.4, 0.5) is 22.7 Å². The van der Waals surface area contributed by atoms with Gasteiger partial charge in [-0.2, -0.15) is 0 Å². The fourth-order valence-corrected chi connectivity index (χ4v) is 8.84. The van der Waals surface area contributed by atoms with E-state index in [1.165, 1.54) is 9.80 Å². The van der Waals surface area contributed by atoms with E-state index in [1.807, 2.05) is 68.5 Å². The molecule has 3 fully saturated rings. The van der Waals surface area contributed by atoms with E-state index in [-0.39, 0.29) is 41.5 Å². The number of ether oxygens (including phenoxy) is 1. The lowest BCUT2D eigenvalue weighted by Gasteiger charge is -2.49. The highest BCUT2D eigenvalue weighted by molar-refractivity contribution is 6.25. The number of anilines is 4. The van der Waals surface area contributed by atoms with Crippen LogP contribution < -0.4 is 19.9 Å². The average Bonchev–Trinajstić information content (AvgIpc) is 3.50. The molecule has 4 aromatic carbocycles. The first-order chi connectivity index (χ1) is 24.2.